The van der Waals surface area contributed by atoms with Gasteiger partial charge in [-0.05, 0) is 45.1 Å². The van der Waals surface area contributed by atoms with Crippen molar-refractivity contribution in [2.24, 2.45) is 0 Å². The number of aromatic nitrogens is 1. The van der Waals surface area contributed by atoms with Gasteiger partial charge in [0, 0.05) is 17.8 Å². The van der Waals surface area contributed by atoms with Gasteiger partial charge in [-0.1, -0.05) is 0 Å². The Kier molecular flexibility index (Phi) is 2.88. The highest BCUT2D eigenvalue weighted by molar-refractivity contribution is 6.01. The molecule has 1 saturated heterocycles. The summed E-state index contributed by atoms with van der Waals surface area (Å²) in [6, 6.07) is 0. The summed E-state index contributed by atoms with van der Waals surface area (Å²) in [4.78, 5) is 29.5. The number of methoxy groups -OCH3 is 1. The van der Waals surface area contributed by atoms with Gasteiger partial charge in [-0.2, -0.15) is 0 Å². The molecule has 1 aliphatic carbocycles. The van der Waals surface area contributed by atoms with Crippen LogP contribution in [-0.2, 0) is 4.74 Å². The standard InChI is InChI=1S/C15H20N2O3/c1-9-11(14(19)20-3)10(2)16-12(9)13(18)17-8-7-15(17)5-4-6-15/h16H,4-8H2,1-3H3. The zero-order valence-corrected chi connectivity index (χ0v) is 12.2. The summed E-state index contributed by atoms with van der Waals surface area (Å²) in [7, 11) is 1.36. The fourth-order valence-electron chi connectivity index (χ4n) is 3.47. The van der Waals surface area contributed by atoms with Crippen LogP contribution in [0.25, 0.3) is 0 Å². The van der Waals surface area contributed by atoms with Crippen molar-refractivity contribution in [1.82, 2.24) is 9.88 Å². The summed E-state index contributed by atoms with van der Waals surface area (Å²) in [5, 5.41) is 0. The summed E-state index contributed by atoms with van der Waals surface area (Å²) < 4.78 is 4.78. The third kappa shape index (κ3) is 1.62. The van der Waals surface area contributed by atoms with Gasteiger partial charge >= 0.3 is 5.97 Å². The van der Waals surface area contributed by atoms with Gasteiger partial charge < -0.3 is 14.6 Å². The zero-order chi connectivity index (χ0) is 14.5. The number of nitrogens with one attached hydrogen (secondary N) is 1. The molecular weight excluding hydrogens is 256 g/mol. The molecule has 2 fully saturated rings. The molecule has 1 amide bonds. The normalized spacial score (nSPS) is 19.4. The molecule has 0 bridgehead atoms. The maximum absolute atomic E-state index is 12.7. The highest BCUT2D eigenvalue weighted by atomic mass is 16.5. The third-order valence-corrected chi connectivity index (χ3v) is 4.94. The molecule has 0 atom stereocenters. The Morgan fingerprint density at radius 3 is 2.40 bits per heavy atom. The lowest BCUT2D eigenvalue weighted by atomic mass is 9.67. The average molecular weight is 276 g/mol. The van der Waals surface area contributed by atoms with E-state index in [1.165, 1.54) is 13.5 Å². The fourth-order valence-corrected chi connectivity index (χ4v) is 3.47. The van der Waals surface area contributed by atoms with E-state index in [9.17, 15) is 9.59 Å². The Morgan fingerprint density at radius 1 is 1.25 bits per heavy atom. The second-order valence-electron chi connectivity index (χ2n) is 5.90. The Labute approximate surface area is 118 Å². The topological polar surface area (TPSA) is 62.4 Å². The molecular formula is C15H20N2O3. The second kappa shape index (κ2) is 4.36. The summed E-state index contributed by atoms with van der Waals surface area (Å²) in [6.45, 7) is 4.42. The van der Waals surface area contributed by atoms with Crippen LogP contribution in [0, 0.1) is 13.8 Å². The molecule has 0 unspecified atom stereocenters. The van der Waals surface area contributed by atoms with Crippen LogP contribution in [0.5, 0.6) is 0 Å². The van der Waals surface area contributed by atoms with E-state index in [-0.39, 0.29) is 11.4 Å². The van der Waals surface area contributed by atoms with Gasteiger partial charge in [-0.15, -0.1) is 0 Å². The van der Waals surface area contributed by atoms with E-state index >= 15 is 0 Å². The van der Waals surface area contributed by atoms with Crippen LogP contribution in [0.15, 0.2) is 0 Å². The summed E-state index contributed by atoms with van der Waals surface area (Å²) >= 11 is 0. The number of carbonyl (C=O) groups is 2. The first-order chi connectivity index (χ1) is 9.50. The van der Waals surface area contributed by atoms with Gasteiger partial charge in [0.1, 0.15) is 5.69 Å². The Balaban J connectivity index is 1.91. The lowest BCUT2D eigenvalue weighted by Gasteiger charge is -2.58. The summed E-state index contributed by atoms with van der Waals surface area (Å²) in [6.07, 6.45) is 4.55. The Morgan fingerprint density at radius 2 is 1.95 bits per heavy atom. The maximum Gasteiger partial charge on any atom is 0.339 e. The molecule has 5 heteroatoms. The lowest BCUT2D eigenvalue weighted by Crippen LogP contribution is -2.65. The number of hydrogen-bond acceptors (Lipinski definition) is 3. The van der Waals surface area contributed by atoms with Crippen LogP contribution in [0.4, 0.5) is 0 Å². The SMILES string of the molecule is COC(=O)c1c(C)[nH]c(C(=O)N2CCC23CCC3)c1C. The highest BCUT2D eigenvalue weighted by Gasteiger charge is 2.51. The summed E-state index contributed by atoms with van der Waals surface area (Å²) in [5.74, 6) is -0.371. The number of aryl methyl sites for hydroxylation is 1. The molecule has 20 heavy (non-hydrogen) atoms. The van der Waals surface area contributed by atoms with Crippen molar-refractivity contribution in [3.63, 3.8) is 0 Å². The molecule has 1 aromatic rings. The number of ether oxygens (including phenoxy) is 1. The van der Waals surface area contributed by atoms with Crippen LogP contribution in [0.2, 0.25) is 0 Å². The van der Waals surface area contributed by atoms with E-state index in [1.54, 1.807) is 13.8 Å². The van der Waals surface area contributed by atoms with Crippen molar-refractivity contribution in [3.05, 3.63) is 22.5 Å². The molecule has 1 saturated carbocycles. The van der Waals surface area contributed by atoms with Gasteiger partial charge in [0.2, 0.25) is 0 Å². The minimum atomic E-state index is -0.391. The van der Waals surface area contributed by atoms with E-state index in [2.05, 4.69) is 4.98 Å². The summed E-state index contributed by atoms with van der Waals surface area (Å²) in [5.41, 5.74) is 2.53. The number of likely N-dealkylation sites (tertiary alicyclic amines) is 1. The molecule has 2 heterocycles. The first kappa shape index (κ1) is 13.2. The largest absolute Gasteiger partial charge is 0.465 e. The molecule has 108 valence electrons. The Bertz CT molecular complexity index is 579. The van der Waals surface area contributed by atoms with E-state index in [4.69, 9.17) is 4.74 Å². The van der Waals surface area contributed by atoms with Gasteiger partial charge in [-0.3, -0.25) is 4.79 Å². The molecule has 3 rings (SSSR count). The molecule has 2 aliphatic rings. The highest BCUT2D eigenvalue weighted by Crippen LogP contribution is 2.47. The van der Waals surface area contributed by atoms with Crippen LogP contribution in [0.3, 0.4) is 0 Å². The van der Waals surface area contributed by atoms with Crippen LogP contribution in [-0.4, -0.2) is 41.0 Å². The number of hydrogen-bond donors (Lipinski definition) is 1. The van der Waals surface area contributed by atoms with Crippen molar-refractivity contribution in [3.8, 4) is 0 Å². The number of carbonyl (C=O) groups excluding carboxylic acids is 2. The molecule has 0 radical (unpaired) electrons. The third-order valence-electron chi connectivity index (χ3n) is 4.94. The monoisotopic (exact) mass is 276 g/mol. The van der Waals surface area contributed by atoms with Crippen LogP contribution < -0.4 is 0 Å². The van der Waals surface area contributed by atoms with Gasteiger partial charge in [0.15, 0.2) is 0 Å². The minimum absolute atomic E-state index is 0.0201. The van der Waals surface area contributed by atoms with Gasteiger partial charge in [0.05, 0.1) is 12.7 Å². The van der Waals surface area contributed by atoms with Gasteiger partial charge in [0.25, 0.3) is 5.91 Å². The van der Waals surface area contributed by atoms with E-state index < -0.39 is 5.97 Å². The maximum atomic E-state index is 12.7. The Hall–Kier alpha value is -1.78. The van der Waals surface area contributed by atoms with Crippen molar-refractivity contribution in [1.29, 1.82) is 0 Å². The van der Waals surface area contributed by atoms with E-state index in [0.717, 1.165) is 25.8 Å². The van der Waals surface area contributed by atoms with E-state index in [1.807, 2.05) is 4.90 Å². The van der Waals surface area contributed by atoms with Crippen molar-refractivity contribution in [2.45, 2.75) is 45.1 Å². The molecule has 1 N–H and O–H groups in total. The van der Waals surface area contributed by atoms with Gasteiger partial charge in [-0.25, -0.2) is 4.79 Å². The predicted molar refractivity (Wildman–Crippen MR) is 73.8 cm³/mol. The first-order valence-corrected chi connectivity index (χ1v) is 7.09. The van der Waals surface area contributed by atoms with Crippen molar-refractivity contribution >= 4 is 11.9 Å². The van der Waals surface area contributed by atoms with E-state index in [0.29, 0.717) is 22.5 Å². The van der Waals surface area contributed by atoms with Crippen molar-refractivity contribution < 1.29 is 14.3 Å². The molecule has 5 nitrogen and oxygen atoms in total. The van der Waals surface area contributed by atoms with Crippen molar-refractivity contribution in [2.75, 3.05) is 13.7 Å². The smallest absolute Gasteiger partial charge is 0.339 e. The number of esters is 1. The number of rotatable bonds is 2. The fraction of sp³-hybridized carbons (Fsp3) is 0.600. The number of H-pyrrole nitrogens is 1. The molecule has 1 aromatic heterocycles. The van der Waals surface area contributed by atoms with Crippen LogP contribution in [0.1, 0.15) is 57.8 Å². The second-order valence-corrected chi connectivity index (χ2v) is 5.90. The quantitative estimate of drug-likeness (QED) is 0.842. The molecule has 1 spiro atoms. The minimum Gasteiger partial charge on any atom is -0.465 e. The number of aromatic amines is 1. The molecule has 0 aromatic carbocycles. The average Bonchev–Trinajstić information content (AvgIpc) is 2.61. The zero-order valence-electron chi connectivity index (χ0n) is 12.2. The number of nitrogens with zero attached hydrogens (tertiary/aromatic N) is 1. The number of amides is 1. The lowest BCUT2D eigenvalue weighted by molar-refractivity contribution is -0.0491. The van der Waals surface area contributed by atoms with Crippen LogP contribution >= 0.6 is 0 Å². The first-order valence-electron chi connectivity index (χ1n) is 7.09. The predicted octanol–water partition coefficient (Wildman–Crippen LogP) is 2.19. The molecule has 1 aliphatic heterocycles.